The van der Waals surface area contributed by atoms with Gasteiger partial charge in [0.1, 0.15) is 0 Å². The van der Waals surface area contributed by atoms with Crippen LogP contribution in [0.3, 0.4) is 0 Å². The standard InChI is InChI=1S/C17H29N/c1-7-9-18-17(12(3)8-2)16-11-14(5)13(4)10-15(16)6/h10-12,17-18H,7-9H2,1-6H3. The Morgan fingerprint density at radius 3 is 2.17 bits per heavy atom. The highest BCUT2D eigenvalue weighted by Crippen LogP contribution is 2.29. The van der Waals surface area contributed by atoms with E-state index >= 15 is 0 Å². The van der Waals surface area contributed by atoms with Gasteiger partial charge in [-0.2, -0.15) is 0 Å². The van der Waals surface area contributed by atoms with Gasteiger partial charge in [-0.05, 0) is 61.9 Å². The highest BCUT2D eigenvalue weighted by atomic mass is 14.9. The number of hydrogen-bond acceptors (Lipinski definition) is 1. The molecule has 1 N–H and O–H groups in total. The molecule has 18 heavy (non-hydrogen) atoms. The molecule has 1 heteroatoms. The lowest BCUT2D eigenvalue weighted by Gasteiger charge is -2.27. The molecule has 0 aliphatic carbocycles. The molecule has 0 bridgehead atoms. The van der Waals surface area contributed by atoms with Gasteiger partial charge in [0.2, 0.25) is 0 Å². The molecule has 2 atom stereocenters. The van der Waals surface area contributed by atoms with E-state index < -0.39 is 0 Å². The fourth-order valence-electron chi connectivity index (χ4n) is 2.47. The number of rotatable bonds is 6. The fourth-order valence-corrected chi connectivity index (χ4v) is 2.47. The summed E-state index contributed by atoms with van der Waals surface area (Å²) in [5, 5.41) is 3.72. The van der Waals surface area contributed by atoms with E-state index in [4.69, 9.17) is 0 Å². The molecule has 102 valence electrons. The van der Waals surface area contributed by atoms with Crippen molar-refractivity contribution in [1.29, 1.82) is 0 Å². The quantitative estimate of drug-likeness (QED) is 0.768. The molecule has 1 aromatic carbocycles. The summed E-state index contributed by atoms with van der Waals surface area (Å²) in [6.07, 6.45) is 2.41. The van der Waals surface area contributed by atoms with Crippen molar-refractivity contribution in [3.05, 3.63) is 34.4 Å². The summed E-state index contributed by atoms with van der Waals surface area (Å²) < 4.78 is 0. The Balaban J connectivity index is 3.07. The lowest BCUT2D eigenvalue weighted by atomic mass is 9.87. The number of aryl methyl sites for hydroxylation is 3. The smallest absolute Gasteiger partial charge is 0.0348 e. The van der Waals surface area contributed by atoms with Gasteiger partial charge in [0.05, 0.1) is 0 Å². The topological polar surface area (TPSA) is 12.0 Å². The molecule has 0 aromatic heterocycles. The first kappa shape index (κ1) is 15.2. The second-order valence-electron chi connectivity index (χ2n) is 5.61. The van der Waals surface area contributed by atoms with E-state index in [1.165, 1.54) is 35.1 Å². The van der Waals surface area contributed by atoms with E-state index in [-0.39, 0.29) is 0 Å². The zero-order valence-corrected chi connectivity index (χ0v) is 12.9. The Morgan fingerprint density at radius 2 is 1.61 bits per heavy atom. The minimum Gasteiger partial charge on any atom is -0.310 e. The number of hydrogen-bond donors (Lipinski definition) is 1. The van der Waals surface area contributed by atoms with Crippen molar-refractivity contribution in [3.63, 3.8) is 0 Å². The molecule has 0 saturated carbocycles. The molecule has 0 heterocycles. The normalized spacial score (nSPS) is 14.6. The van der Waals surface area contributed by atoms with Crippen LogP contribution < -0.4 is 5.32 Å². The number of benzene rings is 1. The van der Waals surface area contributed by atoms with Crippen LogP contribution in [0.5, 0.6) is 0 Å². The first-order valence-corrected chi connectivity index (χ1v) is 7.32. The van der Waals surface area contributed by atoms with E-state index in [0.29, 0.717) is 12.0 Å². The van der Waals surface area contributed by atoms with Gasteiger partial charge in [-0.15, -0.1) is 0 Å². The minimum absolute atomic E-state index is 0.495. The molecule has 0 aliphatic rings. The van der Waals surface area contributed by atoms with Crippen molar-refractivity contribution in [2.24, 2.45) is 5.92 Å². The minimum atomic E-state index is 0.495. The molecule has 0 fully saturated rings. The average molecular weight is 247 g/mol. The van der Waals surface area contributed by atoms with Gasteiger partial charge >= 0.3 is 0 Å². The molecule has 1 rings (SSSR count). The van der Waals surface area contributed by atoms with E-state index in [1.807, 2.05) is 0 Å². The van der Waals surface area contributed by atoms with Gasteiger partial charge < -0.3 is 5.32 Å². The zero-order chi connectivity index (χ0) is 13.7. The van der Waals surface area contributed by atoms with Crippen LogP contribution in [0.2, 0.25) is 0 Å². The van der Waals surface area contributed by atoms with Crippen LogP contribution in [0.25, 0.3) is 0 Å². The van der Waals surface area contributed by atoms with Crippen LogP contribution in [0.1, 0.15) is 61.9 Å². The van der Waals surface area contributed by atoms with Gasteiger partial charge in [-0.25, -0.2) is 0 Å². The van der Waals surface area contributed by atoms with Crippen LogP contribution >= 0.6 is 0 Å². The van der Waals surface area contributed by atoms with Gasteiger partial charge in [0, 0.05) is 6.04 Å². The van der Waals surface area contributed by atoms with Crippen LogP contribution in [-0.2, 0) is 0 Å². The predicted octanol–water partition coefficient (Wildman–Crippen LogP) is 4.70. The summed E-state index contributed by atoms with van der Waals surface area (Å²) >= 11 is 0. The Morgan fingerprint density at radius 1 is 1.00 bits per heavy atom. The van der Waals surface area contributed by atoms with Crippen molar-refractivity contribution in [2.45, 2.75) is 60.4 Å². The molecule has 0 amide bonds. The van der Waals surface area contributed by atoms with Gasteiger partial charge in [0.15, 0.2) is 0 Å². The molecule has 1 aromatic rings. The third-order valence-corrected chi connectivity index (χ3v) is 4.04. The second kappa shape index (κ2) is 6.94. The van der Waals surface area contributed by atoms with Crippen molar-refractivity contribution in [1.82, 2.24) is 5.32 Å². The summed E-state index contributed by atoms with van der Waals surface area (Å²) in [5.74, 6) is 0.678. The van der Waals surface area contributed by atoms with Gasteiger partial charge in [-0.3, -0.25) is 0 Å². The predicted molar refractivity (Wildman–Crippen MR) is 81.1 cm³/mol. The molecule has 1 nitrogen and oxygen atoms in total. The Hall–Kier alpha value is -0.820. The summed E-state index contributed by atoms with van der Waals surface area (Å²) in [7, 11) is 0. The Labute approximate surface area is 113 Å². The molecule has 0 aliphatic heterocycles. The third-order valence-electron chi connectivity index (χ3n) is 4.04. The highest BCUT2D eigenvalue weighted by molar-refractivity contribution is 5.38. The van der Waals surface area contributed by atoms with Crippen molar-refractivity contribution in [3.8, 4) is 0 Å². The third kappa shape index (κ3) is 3.58. The summed E-state index contributed by atoms with van der Waals surface area (Å²) in [6, 6.07) is 5.20. The average Bonchev–Trinajstić information content (AvgIpc) is 2.35. The van der Waals surface area contributed by atoms with E-state index in [2.05, 4.69) is 59.0 Å². The van der Waals surface area contributed by atoms with Gasteiger partial charge in [-0.1, -0.05) is 39.3 Å². The highest BCUT2D eigenvalue weighted by Gasteiger charge is 2.19. The summed E-state index contributed by atoms with van der Waals surface area (Å²) in [4.78, 5) is 0. The molecule has 0 saturated heterocycles. The number of nitrogens with one attached hydrogen (secondary N) is 1. The maximum Gasteiger partial charge on any atom is 0.0348 e. The van der Waals surface area contributed by atoms with E-state index in [9.17, 15) is 0 Å². The van der Waals surface area contributed by atoms with E-state index in [0.717, 1.165) is 6.54 Å². The zero-order valence-electron chi connectivity index (χ0n) is 12.9. The summed E-state index contributed by atoms with van der Waals surface area (Å²) in [6.45, 7) is 14.6. The monoisotopic (exact) mass is 247 g/mol. The molecule has 2 unspecified atom stereocenters. The largest absolute Gasteiger partial charge is 0.310 e. The molecular weight excluding hydrogens is 218 g/mol. The summed E-state index contributed by atoms with van der Waals surface area (Å²) in [5.41, 5.74) is 5.71. The Bertz CT molecular complexity index is 381. The SMILES string of the molecule is CCCNC(c1cc(C)c(C)cc1C)C(C)CC. The van der Waals surface area contributed by atoms with Crippen molar-refractivity contribution < 1.29 is 0 Å². The van der Waals surface area contributed by atoms with Crippen molar-refractivity contribution >= 4 is 0 Å². The van der Waals surface area contributed by atoms with Crippen LogP contribution in [0, 0.1) is 26.7 Å². The van der Waals surface area contributed by atoms with Gasteiger partial charge in [0.25, 0.3) is 0 Å². The molecular formula is C17H29N. The van der Waals surface area contributed by atoms with Crippen LogP contribution in [-0.4, -0.2) is 6.54 Å². The first-order valence-electron chi connectivity index (χ1n) is 7.32. The lowest BCUT2D eigenvalue weighted by molar-refractivity contribution is 0.376. The van der Waals surface area contributed by atoms with E-state index in [1.54, 1.807) is 0 Å². The second-order valence-corrected chi connectivity index (χ2v) is 5.61. The first-order chi connectivity index (χ1) is 8.51. The fraction of sp³-hybridized carbons (Fsp3) is 0.647. The lowest BCUT2D eigenvalue weighted by Crippen LogP contribution is -2.28. The van der Waals surface area contributed by atoms with Crippen LogP contribution in [0.4, 0.5) is 0 Å². The van der Waals surface area contributed by atoms with Crippen LogP contribution in [0.15, 0.2) is 12.1 Å². The molecule has 0 radical (unpaired) electrons. The van der Waals surface area contributed by atoms with Crippen molar-refractivity contribution in [2.75, 3.05) is 6.54 Å². The maximum atomic E-state index is 3.72. The maximum absolute atomic E-state index is 3.72. The Kier molecular flexibility index (Phi) is 5.87. The molecule has 0 spiro atoms.